The number of benzene rings is 2. The number of hydrogen-bond donors (Lipinski definition) is 1. The molecular formula is C21H24N4OS. The minimum atomic E-state index is -0.0483. The average Bonchev–Trinajstić information content (AvgIpc) is 3.10. The topological polar surface area (TPSA) is 59.8 Å². The van der Waals surface area contributed by atoms with Crippen molar-refractivity contribution in [3.63, 3.8) is 0 Å². The highest BCUT2D eigenvalue weighted by atomic mass is 32.2. The number of aromatic nitrogens is 3. The Hall–Kier alpha value is -2.60. The van der Waals surface area contributed by atoms with Gasteiger partial charge in [0, 0.05) is 17.8 Å². The van der Waals surface area contributed by atoms with Crippen molar-refractivity contribution >= 4 is 23.4 Å². The molecule has 0 aliphatic carbocycles. The summed E-state index contributed by atoms with van der Waals surface area (Å²) in [6.45, 7) is 7.08. The van der Waals surface area contributed by atoms with E-state index in [0.29, 0.717) is 11.7 Å². The largest absolute Gasteiger partial charge is 0.325 e. The molecule has 0 saturated carbocycles. The molecule has 3 rings (SSSR count). The van der Waals surface area contributed by atoms with Crippen molar-refractivity contribution in [3.05, 3.63) is 60.2 Å². The standard InChI is InChI=1S/C21H24N4OS/c1-4-25-20(16-9-6-5-7-10-16)23-24-21(25)27-14-19(26)22-18-12-8-11-17(13-18)15(2)3/h5-13,15H,4,14H2,1-3H3,(H,22,26). The van der Waals surface area contributed by atoms with Gasteiger partial charge in [-0.3, -0.25) is 4.79 Å². The SMILES string of the molecule is CCn1c(SCC(=O)Nc2cccc(C(C)C)c2)nnc1-c1ccccc1. The molecule has 1 amide bonds. The third-order valence-electron chi connectivity index (χ3n) is 4.23. The minimum absolute atomic E-state index is 0.0483. The Labute approximate surface area is 164 Å². The van der Waals surface area contributed by atoms with Crippen LogP contribution in [0.5, 0.6) is 0 Å². The van der Waals surface area contributed by atoms with Crippen molar-refractivity contribution in [3.8, 4) is 11.4 Å². The highest BCUT2D eigenvalue weighted by Crippen LogP contribution is 2.24. The van der Waals surface area contributed by atoms with E-state index in [2.05, 4.69) is 42.4 Å². The van der Waals surface area contributed by atoms with E-state index < -0.39 is 0 Å². The molecule has 1 N–H and O–H groups in total. The molecule has 0 bridgehead atoms. The number of rotatable bonds is 7. The molecule has 0 aliphatic heterocycles. The maximum absolute atomic E-state index is 12.4. The van der Waals surface area contributed by atoms with Crippen LogP contribution < -0.4 is 5.32 Å². The molecule has 27 heavy (non-hydrogen) atoms. The van der Waals surface area contributed by atoms with E-state index in [9.17, 15) is 4.79 Å². The number of hydrogen-bond acceptors (Lipinski definition) is 4. The number of anilines is 1. The first-order chi connectivity index (χ1) is 13.1. The summed E-state index contributed by atoms with van der Waals surface area (Å²) in [7, 11) is 0. The van der Waals surface area contributed by atoms with Crippen LogP contribution in [0.25, 0.3) is 11.4 Å². The molecule has 0 aliphatic rings. The Morgan fingerprint density at radius 1 is 1.11 bits per heavy atom. The molecule has 3 aromatic rings. The average molecular weight is 381 g/mol. The van der Waals surface area contributed by atoms with Gasteiger partial charge in [0.1, 0.15) is 0 Å². The number of nitrogens with one attached hydrogen (secondary N) is 1. The van der Waals surface area contributed by atoms with Crippen molar-refractivity contribution in [2.45, 2.75) is 38.4 Å². The third kappa shape index (κ3) is 4.77. The van der Waals surface area contributed by atoms with Crippen LogP contribution in [-0.2, 0) is 11.3 Å². The summed E-state index contributed by atoms with van der Waals surface area (Å²) in [6, 6.07) is 17.9. The lowest BCUT2D eigenvalue weighted by molar-refractivity contribution is -0.113. The molecule has 5 nitrogen and oxygen atoms in total. The smallest absolute Gasteiger partial charge is 0.234 e. The Kier molecular flexibility index (Phi) is 6.29. The summed E-state index contributed by atoms with van der Waals surface area (Å²) in [5.74, 6) is 1.49. The highest BCUT2D eigenvalue weighted by Gasteiger charge is 2.14. The monoisotopic (exact) mass is 380 g/mol. The lowest BCUT2D eigenvalue weighted by atomic mass is 10.0. The van der Waals surface area contributed by atoms with E-state index in [1.807, 2.05) is 53.1 Å². The van der Waals surface area contributed by atoms with Gasteiger partial charge in [-0.25, -0.2) is 0 Å². The molecule has 0 radical (unpaired) electrons. The molecule has 1 aromatic heterocycles. The van der Waals surface area contributed by atoms with Crippen LogP contribution in [0, 0.1) is 0 Å². The van der Waals surface area contributed by atoms with E-state index in [-0.39, 0.29) is 5.91 Å². The highest BCUT2D eigenvalue weighted by molar-refractivity contribution is 7.99. The van der Waals surface area contributed by atoms with Crippen LogP contribution in [0.15, 0.2) is 59.8 Å². The van der Waals surface area contributed by atoms with Crippen LogP contribution in [0.3, 0.4) is 0 Å². The number of carbonyl (C=O) groups is 1. The van der Waals surface area contributed by atoms with Gasteiger partial charge >= 0.3 is 0 Å². The lowest BCUT2D eigenvalue weighted by Crippen LogP contribution is -2.14. The first-order valence-electron chi connectivity index (χ1n) is 9.09. The molecule has 6 heteroatoms. The van der Waals surface area contributed by atoms with Gasteiger partial charge in [0.05, 0.1) is 5.75 Å². The van der Waals surface area contributed by atoms with Crippen LogP contribution in [0.4, 0.5) is 5.69 Å². The van der Waals surface area contributed by atoms with Crippen molar-refractivity contribution < 1.29 is 4.79 Å². The van der Waals surface area contributed by atoms with E-state index in [0.717, 1.165) is 28.8 Å². The van der Waals surface area contributed by atoms with Crippen LogP contribution in [-0.4, -0.2) is 26.4 Å². The molecule has 0 atom stereocenters. The lowest BCUT2D eigenvalue weighted by Gasteiger charge is -2.10. The number of amides is 1. The molecule has 0 unspecified atom stereocenters. The molecule has 1 heterocycles. The number of carbonyl (C=O) groups excluding carboxylic acids is 1. The quantitative estimate of drug-likeness (QED) is 0.597. The summed E-state index contributed by atoms with van der Waals surface area (Å²) < 4.78 is 2.03. The van der Waals surface area contributed by atoms with Gasteiger partial charge in [-0.1, -0.05) is 68.1 Å². The van der Waals surface area contributed by atoms with Crippen LogP contribution in [0.1, 0.15) is 32.3 Å². The predicted octanol–water partition coefficient (Wildman–Crippen LogP) is 4.82. The number of nitrogens with zero attached hydrogens (tertiary/aromatic N) is 3. The van der Waals surface area contributed by atoms with Gasteiger partial charge in [-0.05, 0) is 30.5 Å². The Bertz CT molecular complexity index is 906. The Balaban J connectivity index is 1.66. The Morgan fingerprint density at radius 3 is 2.59 bits per heavy atom. The summed E-state index contributed by atoms with van der Waals surface area (Å²) in [5.41, 5.74) is 3.06. The zero-order valence-corrected chi connectivity index (χ0v) is 16.7. The predicted molar refractivity (Wildman–Crippen MR) is 111 cm³/mol. The van der Waals surface area contributed by atoms with E-state index >= 15 is 0 Å². The van der Waals surface area contributed by atoms with Gasteiger partial charge in [0.2, 0.25) is 5.91 Å². The van der Waals surface area contributed by atoms with Gasteiger partial charge in [-0.15, -0.1) is 10.2 Å². The first-order valence-corrected chi connectivity index (χ1v) is 10.1. The summed E-state index contributed by atoms with van der Waals surface area (Å²) in [4.78, 5) is 12.4. The first kappa shape index (κ1) is 19.2. The van der Waals surface area contributed by atoms with Crippen molar-refractivity contribution in [1.82, 2.24) is 14.8 Å². The molecule has 0 spiro atoms. The summed E-state index contributed by atoms with van der Waals surface area (Å²) >= 11 is 1.40. The second kappa shape index (κ2) is 8.86. The fourth-order valence-corrected chi connectivity index (χ4v) is 3.59. The maximum atomic E-state index is 12.4. The van der Waals surface area contributed by atoms with Gasteiger partial charge in [0.15, 0.2) is 11.0 Å². The van der Waals surface area contributed by atoms with E-state index in [1.165, 1.54) is 17.3 Å². The fourth-order valence-electron chi connectivity index (χ4n) is 2.78. The summed E-state index contributed by atoms with van der Waals surface area (Å²) in [6.07, 6.45) is 0. The third-order valence-corrected chi connectivity index (χ3v) is 5.20. The van der Waals surface area contributed by atoms with Crippen molar-refractivity contribution in [1.29, 1.82) is 0 Å². The second-order valence-electron chi connectivity index (χ2n) is 6.53. The molecular weight excluding hydrogens is 356 g/mol. The van der Waals surface area contributed by atoms with Crippen molar-refractivity contribution in [2.24, 2.45) is 0 Å². The molecule has 2 aromatic carbocycles. The molecule has 0 saturated heterocycles. The molecule has 140 valence electrons. The zero-order valence-electron chi connectivity index (χ0n) is 15.8. The normalized spacial score (nSPS) is 11.0. The van der Waals surface area contributed by atoms with E-state index in [1.54, 1.807) is 0 Å². The van der Waals surface area contributed by atoms with Crippen molar-refractivity contribution in [2.75, 3.05) is 11.1 Å². The maximum Gasteiger partial charge on any atom is 0.234 e. The number of thioether (sulfide) groups is 1. The Morgan fingerprint density at radius 2 is 1.89 bits per heavy atom. The zero-order chi connectivity index (χ0) is 19.2. The van der Waals surface area contributed by atoms with Crippen LogP contribution in [0.2, 0.25) is 0 Å². The van der Waals surface area contributed by atoms with Gasteiger partial charge in [0.25, 0.3) is 0 Å². The van der Waals surface area contributed by atoms with Crippen LogP contribution >= 0.6 is 11.8 Å². The second-order valence-corrected chi connectivity index (χ2v) is 7.48. The molecule has 0 fully saturated rings. The minimum Gasteiger partial charge on any atom is -0.325 e. The van der Waals surface area contributed by atoms with Gasteiger partial charge < -0.3 is 9.88 Å². The van der Waals surface area contributed by atoms with E-state index in [4.69, 9.17) is 0 Å². The van der Waals surface area contributed by atoms with Gasteiger partial charge in [-0.2, -0.15) is 0 Å². The summed E-state index contributed by atoms with van der Waals surface area (Å²) in [5, 5.41) is 12.3. The fraction of sp³-hybridized carbons (Fsp3) is 0.286.